The van der Waals surface area contributed by atoms with Crippen molar-refractivity contribution >= 4 is 10.9 Å². The molecule has 0 heterocycles. The normalized spacial score (nSPS) is 10.8. The van der Waals surface area contributed by atoms with Crippen molar-refractivity contribution in [2.75, 3.05) is 12.5 Å². The number of hydrogen-bond acceptors (Lipinski definition) is 0. The molecule has 0 aromatic heterocycles. The first-order valence-corrected chi connectivity index (χ1v) is 7.45. The Balaban J connectivity index is 2.40. The topological polar surface area (TPSA) is 0 Å². The van der Waals surface area contributed by atoms with Gasteiger partial charge in [0.15, 0.2) is 4.90 Å². The molecule has 0 aliphatic heterocycles. The van der Waals surface area contributed by atoms with Crippen LogP contribution in [0.1, 0.15) is 5.56 Å². The van der Waals surface area contributed by atoms with Gasteiger partial charge in [-0.1, -0.05) is 42.0 Å². The maximum absolute atomic E-state index is 2.30. The molecular formula is C15H17S+. The van der Waals surface area contributed by atoms with Crippen molar-refractivity contribution in [3.63, 3.8) is 0 Å². The van der Waals surface area contributed by atoms with Crippen molar-refractivity contribution < 1.29 is 0 Å². The Bertz CT molecular complexity index is 469. The third kappa shape index (κ3) is 2.48. The Hall–Kier alpha value is -1.21. The minimum Gasteiger partial charge on any atom is -0.0587 e. The van der Waals surface area contributed by atoms with Crippen LogP contribution in [0.25, 0.3) is 11.1 Å². The SMILES string of the molecule is Cc1ccc(-c2cccc([S+](C)C)c2)cc1. The molecule has 0 fully saturated rings. The van der Waals surface area contributed by atoms with Crippen LogP contribution < -0.4 is 0 Å². The van der Waals surface area contributed by atoms with Gasteiger partial charge in [0.25, 0.3) is 0 Å². The first kappa shape index (κ1) is 11.3. The second-order valence-electron chi connectivity index (χ2n) is 4.21. The fourth-order valence-electron chi connectivity index (χ4n) is 1.68. The fraction of sp³-hybridized carbons (Fsp3) is 0.200. The summed E-state index contributed by atoms with van der Waals surface area (Å²) in [7, 11) is 0.333. The van der Waals surface area contributed by atoms with E-state index >= 15 is 0 Å². The number of benzene rings is 2. The molecule has 0 unspecified atom stereocenters. The summed E-state index contributed by atoms with van der Waals surface area (Å²) >= 11 is 0. The monoisotopic (exact) mass is 229 g/mol. The van der Waals surface area contributed by atoms with E-state index in [1.807, 2.05) is 0 Å². The average Bonchev–Trinajstić information content (AvgIpc) is 2.30. The van der Waals surface area contributed by atoms with Gasteiger partial charge in [-0.2, -0.15) is 0 Å². The highest BCUT2D eigenvalue weighted by atomic mass is 32.2. The third-order valence-corrected chi connectivity index (χ3v) is 3.89. The molecule has 0 saturated carbocycles. The van der Waals surface area contributed by atoms with Crippen LogP contribution in [0.4, 0.5) is 0 Å². The van der Waals surface area contributed by atoms with E-state index in [1.54, 1.807) is 0 Å². The summed E-state index contributed by atoms with van der Waals surface area (Å²) in [5, 5.41) is 0. The molecule has 1 heteroatoms. The molecule has 16 heavy (non-hydrogen) atoms. The molecular weight excluding hydrogens is 212 g/mol. The second-order valence-corrected chi connectivity index (χ2v) is 6.31. The lowest BCUT2D eigenvalue weighted by Gasteiger charge is -2.03. The zero-order valence-electron chi connectivity index (χ0n) is 10.0. The van der Waals surface area contributed by atoms with Crippen LogP contribution in [0.5, 0.6) is 0 Å². The molecule has 0 amide bonds. The van der Waals surface area contributed by atoms with Gasteiger partial charge in [0, 0.05) is 17.0 Å². The predicted octanol–water partition coefficient (Wildman–Crippen LogP) is 3.90. The van der Waals surface area contributed by atoms with Crippen molar-refractivity contribution in [1.82, 2.24) is 0 Å². The van der Waals surface area contributed by atoms with E-state index < -0.39 is 0 Å². The lowest BCUT2D eigenvalue weighted by molar-refractivity contribution is 1.43. The van der Waals surface area contributed by atoms with Gasteiger partial charge in [0.1, 0.15) is 12.5 Å². The van der Waals surface area contributed by atoms with E-state index in [0.29, 0.717) is 10.9 Å². The van der Waals surface area contributed by atoms with Gasteiger partial charge < -0.3 is 0 Å². The van der Waals surface area contributed by atoms with Crippen molar-refractivity contribution in [3.8, 4) is 11.1 Å². The molecule has 0 bridgehead atoms. The molecule has 2 rings (SSSR count). The van der Waals surface area contributed by atoms with E-state index in [9.17, 15) is 0 Å². The van der Waals surface area contributed by atoms with Gasteiger partial charge in [-0.3, -0.25) is 0 Å². The molecule has 0 atom stereocenters. The molecule has 2 aromatic carbocycles. The Labute approximate surface area is 101 Å². The average molecular weight is 229 g/mol. The number of aryl methyl sites for hydroxylation is 1. The van der Waals surface area contributed by atoms with Crippen LogP contribution in [0.3, 0.4) is 0 Å². The van der Waals surface area contributed by atoms with Gasteiger partial charge in [-0.15, -0.1) is 0 Å². The van der Waals surface area contributed by atoms with Crippen LogP contribution in [0.2, 0.25) is 0 Å². The highest BCUT2D eigenvalue weighted by molar-refractivity contribution is 7.95. The summed E-state index contributed by atoms with van der Waals surface area (Å²) in [5.41, 5.74) is 3.93. The van der Waals surface area contributed by atoms with E-state index in [1.165, 1.54) is 21.6 Å². The van der Waals surface area contributed by atoms with Crippen LogP contribution >= 0.6 is 0 Å². The Morgan fingerprint density at radius 3 is 2.12 bits per heavy atom. The smallest absolute Gasteiger partial charge is 0.0587 e. The van der Waals surface area contributed by atoms with Gasteiger partial charge in [0.2, 0.25) is 0 Å². The Morgan fingerprint density at radius 2 is 1.50 bits per heavy atom. The van der Waals surface area contributed by atoms with Gasteiger partial charge in [-0.05, 0) is 24.1 Å². The highest BCUT2D eigenvalue weighted by Crippen LogP contribution is 2.22. The minimum atomic E-state index is 0.333. The maximum atomic E-state index is 2.30. The zero-order valence-corrected chi connectivity index (χ0v) is 10.8. The summed E-state index contributed by atoms with van der Waals surface area (Å²) < 4.78 is 0. The molecule has 82 valence electrons. The predicted molar refractivity (Wildman–Crippen MR) is 74.1 cm³/mol. The van der Waals surface area contributed by atoms with Crippen LogP contribution in [-0.4, -0.2) is 12.5 Å². The molecule has 0 aliphatic carbocycles. The lowest BCUT2D eigenvalue weighted by atomic mass is 10.0. The van der Waals surface area contributed by atoms with Gasteiger partial charge in [-0.25, -0.2) is 0 Å². The van der Waals surface area contributed by atoms with Crippen molar-refractivity contribution in [3.05, 3.63) is 54.1 Å². The third-order valence-electron chi connectivity index (χ3n) is 2.69. The minimum absolute atomic E-state index is 0.333. The van der Waals surface area contributed by atoms with Crippen molar-refractivity contribution in [2.45, 2.75) is 11.8 Å². The molecule has 2 aromatic rings. The van der Waals surface area contributed by atoms with Crippen molar-refractivity contribution in [2.24, 2.45) is 0 Å². The second kappa shape index (κ2) is 4.75. The van der Waals surface area contributed by atoms with Crippen LogP contribution in [0.15, 0.2) is 53.4 Å². The van der Waals surface area contributed by atoms with E-state index in [-0.39, 0.29) is 0 Å². The molecule has 0 nitrogen and oxygen atoms in total. The first-order valence-electron chi connectivity index (χ1n) is 5.41. The van der Waals surface area contributed by atoms with Gasteiger partial charge in [0.05, 0.1) is 0 Å². The standard InChI is InChI=1S/C15H17S/c1-12-7-9-13(10-8-12)14-5-4-6-15(11-14)16(2)3/h4-11H,1-3H3/q+1. The molecule has 0 radical (unpaired) electrons. The Morgan fingerprint density at radius 1 is 0.812 bits per heavy atom. The molecule has 0 saturated heterocycles. The van der Waals surface area contributed by atoms with Gasteiger partial charge >= 0.3 is 0 Å². The molecule has 0 spiro atoms. The first-order chi connectivity index (χ1) is 7.66. The largest absolute Gasteiger partial charge is 0.154 e. The summed E-state index contributed by atoms with van der Waals surface area (Å²) in [4.78, 5) is 1.43. The fourth-order valence-corrected chi connectivity index (χ4v) is 2.39. The zero-order chi connectivity index (χ0) is 11.5. The Kier molecular flexibility index (Phi) is 3.35. The number of rotatable bonds is 2. The molecule has 0 aliphatic rings. The quantitative estimate of drug-likeness (QED) is 0.685. The maximum Gasteiger partial charge on any atom is 0.154 e. The summed E-state index contributed by atoms with van der Waals surface area (Å²) in [6.07, 6.45) is 4.52. The van der Waals surface area contributed by atoms with Crippen LogP contribution in [-0.2, 0) is 10.9 Å². The molecule has 0 N–H and O–H groups in total. The highest BCUT2D eigenvalue weighted by Gasteiger charge is 2.08. The summed E-state index contributed by atoms with van der Waals surface area (Å²) in [6, 6.07) is 17.6. The lowest BCUT2D eigenvalue weighted by Crippen LogP contribution is -1.95. The van der Waals surface area contributed by atoms with E-state index in [4.69, 9.17) is 0 Å². The number of hydrogen-bond donors (Lipinski definition) is 0. The van der Waals surface area contributed by atoms with E-state index in [2.05, 4.69) is 68.0 Å². The van der Waals surface area contributed by atoms with E-state index in [0.717, 1.165) is 0 Å². The van der Waals surface area contributed by atoms with Crippen LogP contribution in [0, 0.1) is 6.92 Å². The summed E-state index contributed by atoms with van der Waals surface area (Å²) in [5.74, 6) is 0. The van der Waals surface area contributed by atoms with Crippen molar-refractivity contribution in [1.29, 1.82) is 0 Å². The summed E-state index contributed by atoms with van der Waals surface area (Å²) in [6.45, 7) is 2.12.